The number of halogens is 2. The molecule has 0 saturated carbocycles. The van der Waals surface area contributed by atoms with Gasteiger partial charge in [0.15, 0.2) is 5.78 Å². The lowest BCUT2D eigenvalue weighted by molar-refractivity contribution is -0.0148. The standard InChI is InChI=1S/C13H15Cl2NO2/c1-2-16-5-6-18-12(8-16)13(17)9-3-4-10(14)11(15)7-9/h3-4,7,12H,2,5-6,8H2,1H3. The second-order valence-corrected chi connectivity index (χ2v) is 5.06. The number of rotatable bonds is 3. The number of hydrogen-bond acceptors (Lipinski definition) is 3. The number of carbonyl (C=O) groups is 1. The van der Waals surface area contributed by atoms with Crippen LogP contribution < -0.4 is 0 Å². The average Bonchev–Trinajstić information content (AvgIpc) is 2.41. The summed E-state index contributed by atoms with van der Waals surface area (Å²) in [6.07, 6.45) is -0.407. The predicted molar refractivity (Wildman–Crippen MR) is 72.6 cm³/mol. The zero-order valence-corrected chi connectivity index (χ0v) is 11.7. The summed E-state index contributed by atoms with van der Waals surface area (Å²) in [5.41, 5.74) is 0.548. The maximum atomic E-state index is 12.3. The van der Waals surface area contributed by atoms with Crippen molar-refractivity contribution in [3.63, 3.8) is 0 Å². The number of hydrogen-bond donors (Lipinski definition) is 0. The summed E-state index contributed by atoms with van der Waals surface area (Å²) in [5.74, 6) is -0.0354. The van der Waals surface area contributed by atoms with E-state index >= 15 is 0 Å². The molecule has 18 heavy (non-hydrogen) atoms. The Morgan fingerprint density at radius 1 is 1.44 bits per heavy atom. The molecule has 2 rings (SSSR count). The van der Waals surface area contributed by atoms with E-state index in [1.807, 2.05) is 0 Å². The fraction of sp³-hybridized carbons (Fsp3) is 0.462. The van der Waals surface area contributed by atoms with Crippen molar-refractivity contribution in [1.82, 2.24) is 4.90 Å². The summed E-state index contributed by atoms with van der Waals surface area (Å²) in [6, 6.07) is 4.92. The summed E-state index contributed by atoms with van der Waals surface area (Å²) >= 11 is 11.8. The molecule has 1 aliphatic heterocycles. The maximum absolute atomic E-state index is 12.3. The van der Waals surface area contributed by atoms with Crippen molar-refractivity contribution in [2.75, 3.05) is 26.2 Å². The molecule has 0 spiro atoms. The third-order valence-corrected chi connectivity index (χ3v) is 3.83. The first-order chi connectivity index (χ1) is 8.61. The topological polar surface area (TPSA) is 29.5 Å². The smallest absolute Gasteiger partial charge is 0.192 e. The molecule has 1 unspecified atom stereocenters. The Morgan fingerprint density at radius 3 is 2.89 bits per heavy atom. The summed E-state index contributed by atoms with van der Waals surface area (Å²) in [5, 5.41) is 0.846. The molecule has 98 valence electrons. The van der Waals surface area contributed by atoms with E-state index in [0.717, 1.165) is 13.1 Å². The second kappa shape index (κ2) is 6.02. The highest BCUT2D eigenvalue weighted by atomic mass is 35.5. The normalized spacial score (nSPS) is 20.9. The number of ketones is 1. The molecule has 0 bridgehead atoms. The van der Waals surface area contributed by atoms with Gasteiger partial charge in [-0.3, -0.25) is 9.69 Å². The van der Waals surface area contributed by atoms with Crippen LogP contribution in [0.5, 0.6) is 0 Å². The van der Waals surface area contributed by atoms with Crippen LogP contribution in [0.25, 0.3) is 0 Å². The zero-order chi connectivity index (χ0) is 13.1. The Hall–Kier alpha value is -0.610. The van der Waals surface area contributed by atoms with Crippen LogP contribution in [0.3, 0.4) is 0 Å². The van der Waals surface area contributed by atoms with Crippen molar-refractivity contribution >= 4 is 29.0 Å². The quantitative estimate of drug-likeness (QED) is 0.801. The van der Waals surface area contributed by atoms with Crippen LogP contribution in [0.4, 0.5) is 0 Å². The van der Waals surface area contributed by atoms with E-state index < -0.39 is 6.10 Å². The second-order valence-electron chi connectivity index (χ2n) is 4.25. The molecule has 0 aromatic heterocycles. The van der Waals surface area contributed by atoms with Gasteiger partial charge in [0.05, 0.1) is 16.7 Å². The molecular weight excluding hydrogens is 273 g/mol. The molecule has 5 heteroatoms. The number of nitrogens with zero attached hydrogens (tertiary/aromatic N) is 1. The fourth-order valence-electron chi connectivity index (χ4n) is 1.98. The van der Waals surface area contributed by atoms with Crippen molar-refractivity contribution in [1.29, 1.82) is 0 Å². The highest BCUT2D eigenvalue weighted by Crippen LogP contribution is 2.24. The molecule has 3 nitrogen and oxygen atoms in total. The van der Waals surface area contributed by atoms with Crippen molar-refractivity contribution in [2.45, 2.75) is 13.0 Å². The van der Waals surface area contributed by atoms with Crippen LogP contribution in [0.2, 0.25) is 10.0 Å². The van der Waals surface area contributed by atoms with E-state index in [1.54, 1.807) is 18.2 Å². The van der Waals surface area contributed by atoms with Gasteiger partial charge < -0.3 is 4.74 Å². The van der Waals surface area contributed by atoms with Gasteiger partial charge in [0.2, 0.25) is 0 Å². The molecule has 0 N–H and O–H groups in total. The lowest BCUT2D eigenvalue weighted by atomic mass is 10.0. The minimum absolute atomic E-state index is 0.0354. The molecule has 1 heterocycles. The number of morpholine rings is 1. The number of carbonyl (C=O) groups excluding carboxylic acids is 1. The predicted octanol–water partition coefficient (Wildman–Crippen LogP) is 2.90. The third kappa shape index (κ3) is 3.04. The number of Topliss-reactive ketones (excluding diaryl/α,β-unsaturated/α-hetero) is 1. The maximum Gasteiger partial charge on any atom is 0.192 e. The molecule has 1 saturated heterocycles. The summed E-state index contributed by atoms with van der Waals surface area (Å²) in [4.78, 5) is 14.5. The zero-order valence-electron chi connectivity index (χ0n) is 10.2. The Bertz CT molecular complexity index is 451. The molecule has 1 atom stereocenters. The first kappa shape index (κ1) is 13.8. The monoisotopic (exact) mass is 287 g/mol. The molecule has 1 aromatic rings. The first-order valence-corrected chi connectivity index (χ1v) is 6.70. The van der Waals surface area contributed by atoms with E-state index in [-0.39, 0.29) is 5.78 Å². The molecule has 1 fully saturated rings. The van der Waals surface area contributed by atoms with Crippen molar-refractivity contribution < 1.29 is 9.53 Å². The Morgan fingerprint density at radius 2 is 2.22 bits per heavy atom. The first-order valence-electron chi connectivity index (χ1n) is 5.95. The van der Waals surface area contributed by atoms with Crippen molar-refractivity contribution in [3.8, 4) is 0 Å². The number of ether oxygens (including phenoxy) is 1. The number of benzene rings is 1. The molecule has 0 radical (unpaired) electrons. The van der Waals surface area contributed by atoms with Crippen LogP contribution >= 0.6 is 23.2 Å². The minimum atomic E-state index is -0.407. The van der Waals surface area contributed by atoms with Crippen LogP contribution in [0.1, 0.15) is 17.3 Å². The summed E-state index contributed by atoms with van der Waals surface area (Å²) in [7, 11) is 0. The van der Waals surface area contributed by atoms with E-state index in [1.165, 1.54) is 0 Å². The molecule has 0 aliphatic carbocycles. The van der Waals surface area contributed by atoms with Crippen LogP contribution in [0, 0.1) is 0 Å². The molecule has 1 aliphatic rings. The third-order valence-electron chi connectivity index (χ3n) is 3.09. The minimum Gasteiger partial charge on any atom is -0.367 e. The van der Waals surface area contributed by atoms with Gasteiger partial charge in [-0.15, -0.1) is 0 Å². The van der Waals surface area contributed by atoms with Crippen molar-refractivity contribution in [3.05, 3.63) is 33.8 Å². The van der Waals surface area contributed by atoms with Crippen molar-refractivity contribution in [2.24, 2.45) is 0 Å². The largest absolute Gasteiger partial charge is 0.367 e. The highest BCUT2D eigenvalue weighted by molar-refractivity contribution is 6.42. The lowest BCUT2D eigenvalue weighted by Crippen LogP contribution is -2.45. The van der Waals surface area contributed by atoms with Gasteiger partial charge in [-0.25, -0.2) is 0 Å². The molecule has 1 aromatic carbocycles. The van der Waals surface area contributed by atoms with E-state index in [4.69, 9.17) is 27.9 Å². The van der Waals surface area contributed by atoms with Crippen LogP contribution in [0.15, 0.2) is 18.2 Å². The fourth-order valence-corrected chi connectivity index (χ4v) is 2.28. The highest BCUT2D eigenvalue weighted by Gasteiger charge is 2.26. The molecular formula is C13H15Cl2NO2. The van der Waals surface area contributed by atoms with Crippen LogP contribution in [-0.2, 0) is 4.74 Å². The Labute approximate surface area is 117 Å². The SMILES string of the molecule is CCN1CCOC(C(=O)c2ccc(Cl)c(Cl)c2)C1. The van der Waals surface area contributed by atoms with Gasteiger partial charge in [0.25, 0.3) is 0 Å². The van der Waals surface area contributed by atoms with Gasteiger partial charge in [-0.1, -0.05) is 30.1 Å². The van der Waals surface area contributed by atoms with Crippen LogP contribution in [-0.4, -0.2) is 43.0 Å². The van der Waals surface area contributed by atoms with Gasteiger partial charge in [0, 0.05) is 18.7 Å². The Balaban J connectivity index is 2.12. The van der Waals surface area contributed by atoms with Gasteiger partial charge >= 0.3 is 0 Å². The van der Waals surface area contributed by atoms with E-state index in [0.29, 0.717) is 28.8 Å². The van der Waals surface area contributed by atoms with E-state index in [9.17, 15) is 4.79 Å². The number of likely N-dealkylation sites (N-methyl/N-ethyl adjacent to an activating group) is 1. The van der Waals surface area contributed by atoms with E-state index in [2.05, 4.69) is 11.8 Å². The van der Waals surface area contributed by atoms with Gasteiger partial charge in [-0.05, 0) is 24.7 Å². The summed E-state index contributed by atoms with van der Waals surface area (Å²) < 4.78 is 5.53. The van der Waals surface area contributed by atoms with Gasteiger partial charge in [0.1, 0.15) is 6.10 Å². The average molecular weight is 288 g/mol. The Kier molecular flexibility index (Phi) is 4.62. The molecule has 0 amide bonds. The van der Waals surface area contributed by atoms with Gasteiger partial charge in [-0.2, -0.15) is 0 Å². The lowest BCUT2D eigenvalue weighted by Gasteiger charge is -2.31. The summed E-state index contributed by atoms with van der Waals surface area (Å²) in [6.45, 7) is 5.10.